The van der Waals surface area contributed by atoms with E-state index in [2.05, 4.69) is 12.2 Å². The molecule has 0 aromatic heterocycles. The number of carbonyl (C=O) groups excluding carboxylic acids is 1. The Hall–Kier alpha value is -2.00. The van der Waals surface area contributed by atoms with Crippen LogP contribution in [0.5, 0.6) is 5.75 Å². The number of anilines is 1. The summed E-state index contributed by atoms with van der Waals surface area (Å²) in [4.78, 5) is 12.4. The summed E-state index contributed by atoms with van der Waals surface area (Å²) in [5.74, 6) is 0.479. The van der Waals surface area contributed by atoms with E-state index in [1.165, 1.54) is 0 Å². The Morgan fingerprint density at radius 2 is 1.83 bits per heavy atom. The van der Waals surface area contributed by atoms with Crippen LogP contribution < -0.4 is 10.1 Å². The number of halogens is 1. The molecule has 2 aromatic rings. The first-order valence-corrected chi connectivity index (χ1v) is 8.12. The van der Waals surface area contributed by atoms with E-state index in [0.717, 1.165) is 33.8 Å². The van der Waals surface area contributed by atoms with Crippen LogP contribution in [-0.4, -0.2) is 12.0 Å². The van der Waals surface area contributed by atoms with E-state index < -0.39 is 6.10 Å². The molecule has 122 valence electrons. The van der Waals surface area contributed by atoms with Crippen molar-refractivity contribution in [2.45, 2.75) is 40.2 Å². The van der Waals surface area contributed by atoms with Gasteiger partial charge in [-0.3, -0.25) is 4.79 Å². The third-order valence-electron chi connectivity index (χ3n) is 3.75. The van der Waals surface area contributed by atoms with Gasteiger partial charge in [0.2, 0.25) is 0 Å². The minimum absolute atomic E-state index is 0.170. The van der Waals surface area contributed by atoms with E-state index in [1.54, 1.807) is 6.92 Å². The molecule has 0 saturated heterocycles. The minimum Gasteiger partial charge on any atom is -0.481 e. The van der Waals surface area contributed by atoms with Crippen LogP contribution in [0.1, 0.15) is 30.5 Å². The molecule has 23 heavy (non-hydrogen) atoms. The Balaban J connectivity index is 2.08. The van der Waals surface area contributed by atoms with Gasteiger partial charge in [-0.2, -0.15) is 0 Å². The lowest BCUT2D eigenvalue weighted by atomic mass is 10.1. The number of rotatable bonds is 5. The molecule has 3 nitrogen and oxygen atoms in total. The Morgan fingerprint density at radius 1 is 1.22 bits per heavy atom. The molecule has 1 atom stereocenters. The highest BCUT2D eigenvalue weighted by molar-refractivity contribution is 6.32. The van der Waals surface area contributed by atoms with Crippen molar-refractivity contribution in [3.63, 3.8) is 0 Å². The van der Waals surface area contributed by atoms with Crippen molar-refractivity contribution >= 4 is 23.2 Å². The van der Waals surface area contributed by atoms with Crippen molar-refractivity contribution in [1.82, 2.24) is 0 Å². The first kappa shape index (κ1) is 17.4. The van der Waals surface area contributed by atoms with Gasteiger partial charge < -0.3 is 10.1 Å². The fraction of sp³-hybridized carbons (Fsp3) is 0.316. The number of para-hydroxylation sites is 1. The Morgan fingerprint density at radius 3 is 2.43 bits per heavy atom. The number of aryl methyl sites for hydroxylation is 3. The summed E-state index contributed by atoms with van der Waals surface area (Å²) >= 11 is 6.15. The highest BCUT2D eigenvalue weighted by atomic mass is 35.5. The van der Waals surface area contributed by atoms with E-state index in [-0.39, 0.29) is 5.91 Å². The standard InChI is InChI=1S/C19H22ClNO2/c1-5-15-8-6-7-9-17(15)21-19(22)14(4)23-16-10-12(2)18(20)13(3)11-16/h6-11,14H,5H2,1-4H3,(H,21,22). The van der Waals surface area contributed by atoms with Gasteiger partial charge in [0.1, 0.15) is 5.75 Å². The van der Waals surface area contributed by atoms with E-state index in [0.29, 0.717) is 5.75 Å². The van der Waals surface area contributed by atoms with Gasteiger partial charge >= 0.3 is 0 Å². The molecule has 0 radical (unpaired) electrons. The van der Waals surface area contributed by atoms with Crippen LogP contribution in [-0.2, 0) is 11.2 Å². The molecule has 1 amide bonds. The zero-order valence-electron chi connectivity index (χ0n) is 13.9. The topological polar surface area (TPSA) is 38.3 Å². The second-order valence-electron chi connectivity index (χ2n) is 5.63. The summed E-state index contributed by atoms with van der Waals surface area (Å²) in [7, 11) is 0. The van der Waals surface area contributed by atoms with Crippen LogP contribution in [0.4, 0.5) is 5.69 Å². The van der Waals surface area contributed by atoms with Crippen molar-refractivity contribution in [3.05, 3.63) is 58.1 Å². The molecule has 0 heterocycles. The van der Waals surface area contributed by atoms with Crippen molar-refractivity contribution in [1.29, 1.82) is 0 Å². The highest BCUT2D eigenvalue weighted by Crippen LogP contribution is 2.26. The van der Waals surface area contributed by atoms with Gasteiger partial charge in [-0.25, -0.2) is 0 Å². The van der Waals surface area contributed by atoms with Gasteiger partial charge in [-0.15, -0.1) is 0 Å². The first-order valence-electron chi connectivity index (χ1n) is 7.74. The molecule has 0 aliphatic rings. The number of hydrogen-bond acceptors (Lipinski definition) is 2. The van der Waals surface area contributed by atoms with Crippen molar-refractivity contribution in [2.24, 2.45) is 0 Å². The average Bonchev–Trinajstić information content (AvgIpc) is 2.53. The smallest absolute Gasteiger partial charge is 0.265 e. The Bertz CT molecular complexity index is 689. The summed E-state index contributed by atoms with van der Waals surface area (Å²) in [6.45, 7) is 7.64. The summed E-state index contributed by atoms with van der Waals surface area (Å²) in [5, 5.41) is 3.66. The molecule has 0 saturated carbocycles. The van der Waals surface area contributed by atoms with E-state index in [1.807, 2.05) is 50.2 Å². The molecule has 0 bridgehead atoms. The van der Waals surface area contributed by atoms with E-state index >= 15 is 0 Å². The van der Waals surface area contributed by atoms with Gasteiger partial charge in [-0.1, -0.05) is 36.7 Å². The largest absolute Gasteiger partial charge is 0.481 e. The number of benzene rings is 2. The number of amides is 1. The molecule has 1 N–H and O–H groups in total. The second-order valence-corrected chi connectivity index (χ2v) is 6.01. The zero-order chi connectivity index (χ0) is 17.0. The van der Waals surface area contributed by atoms with Crippen LogP contribution in [0, 0.1) is 13.8 Å². The summed E-state index contributed by atoms with van der Waals surface area (Å²) < 4.78 is 5.77. The fourth-order valence-corrected chi connectivity index (χ4v) is 2.53. The molecule has 4 heteroatoms. The number of nitrogens with one attached hydrogen (secondary N) is 1. The van der Waals surface area contributed by atoms with Crippen LogP contribution in [0.15, 0.2) is 36.4 Å². The highest BCUT2D eigenvalue weighted by Gasteiger charge is 2.16. The predicted molar refractivity (Wildman–Crippen MR) is 95.5 cm³/mol. The summed E-state index contributed by atoms with van der Waals surface area (Å²) in [5.41, 5.74) is 3.81. The molecular formula is C19H22ClNO2. The maximum atomic E-state index is 12.4. The first-order chi connectivity index (χ1) is 10.9. The third kappa shape index (κ3) is 4.26. The van der Waals surface area contributed by atoms with Crippen LogP contribution in [0.2, 0.25) is 5.02 Å². The number of ether oxygens (including phenoxy) is 1. The fourth-order valence-electron chi connectivity index (χ4n) is 2.42. The van der Waals surface area contributed by atoms with Crippen LogP contribution in [0.3, 0.4) is 0 Å². The number of hydrogen-bond donors (Lipinski definition) is 1. The molecular weight excluding hydrogens is 310 g/mol. The van der Waals surface area contributed by atoms with Gasteiger partial charge in [0.05, 0.1) is 0 Å². The average molecular weight is 332 g/mol. The van der Waals surface area contributed by atoms with Crippen molar-refractivity contribution in [2.75, 3.05) is 5.32 Å². The van der Waals surface area contributed by atoms with Gasteiger partial charge in [-0.05, 0) is 62.1 Å². The monoisotopic (exact) mass is 331 g/mol. The molecule has 0 spiro atoms. The minimum atomic E-state index is -0.597. The molecule has 0 aliphatic carbocycles. The molecule has 2 aromatic carbocycles. The Labute approximate surface area is 142 Å². The molecule has 0 fully saturated rings. The van der Waals surface area contributed by atoms with Crippen molar-refractivity contribution < 1.29 is 9.53 Å². The van der Waals surface area contributed by atoms with Gasteiger partial charge in [0.15, 0.2) is 6.10 Å². The lowest BCUT2D eigenvalue weighted by molar-refractivity contribution is -0.122. The Kier molecular flexibility index (Phi) is 5.67. The number of carbonyl (C=O) groups is 1. The molecule has 0 aliphatic heterocycles. The summed E-state index contributed by atoms with van der Waals surface area (Å²) in [6, 6.07) is 11.5. The second kappa shape index (κ2) is 7.51. The predicted octanol–water partition coefficient (Wildman–Crippen LogP) is 4.93. The van der Waals surface area contributed by atoms with Crippen LogP contribution in [0.25, 0.3) is 0 Å². The lowest BCUT2D eigenvalue weighted by Gasteiger charge is -2.17. The quantitative estimate of drug-likeness (QED) is 0.844. The lowest BCUT2D eigenvalue weighted by Crippen LogP contribution is -2.30. The van der Waals surface area contributed by atoms with Gasteiger partial charge in [0.25, 0.3) is 5.91 Å². The SMILES string of the molecule is CCc1ccccc1NC(=O)C(C)Oc1cc(C)c(Cl)c(C)c1. The van der Waals surface area contributed by atoms with Gasteiger partial charge in [0, 0.05) is 10.7 Å². The van der Waals surface area contributed by atoms with Crippen molar-refractivity contribution in [3.8, 4) is 5.75 Å². The summed E-state index contributed by atoms with van der Waals surface area (Å²) in [6.07, 6.45) is 0.265. The normalized spacial score (nSPS) is 11.9. The van der Waals surface area contributed by atoms with E-state index in [4.69, 9.17) is 16.3 Å². The maximum absolute atomic E-state index is 12.4. The zero-order valence-corrected chi connectivity index (χ0v) is 14.7. The third-order valence-corrected chi connectivity index (χ3v) is 4.34. The van der Waals surface area contributed by atoms with E-state index in [9.17, 15) is 4.79 Å². The maximum Gasteiger partial charge on any atom is 0.265 e. The van der Waals surface area contributed by atoms with Crippen LogP contribution >= 0.6 is 11.6 Å². The molecule has 2 rings (SSSR count). The molecule has 1 unspecified atom stereocenters.